The smallest absolute Gasteiger partial charge is 0.228 e. The van der Waals surface area contributed by atoms with E-state index in [1.807, 2.05) is 6.07 Å². The zero-order valence-electron chi connectivity index (χ0n) is 12.8. The van der Waals surface area contributed by atoms with Crippen LogP contribution in [0.5, 0.6) is 5.75 Å². The van der Waals surface area contributed by atoms with E-state index >= 15 is 0 Å². The van der Waals surface area contributed by atoms with Gasteiger partial charge in [0.2, 0.25) is 11.8 Å². The first-order chi connectivity index (χ1) is 10.8. The summed E-state index contributed by atoms with van der Waals surface area (Å²) in [5.74, 6) is 0.471. The molecule has 1 N–H and O–H groups in total. The average molecular weight is 511 g/mol. The van der Waals surface area contributed by atoms with Crippen LogP contribution in [0, 0.1) is 0 Å². The Morgan fingerprint density at radius 2 is 1.91 bits per heavy atom. The molecule has 0 saturated carbocycles. The minimum Gasteiger partial charge on any atom is -0.494 e. The predicted octanol–water partition coefficient (Wildman–Crippen LogP) is 4.28. The number of halogens is 3. The zero-order chi connectivity index (χ0) is 17.3. The summed E-state index contributed by atoms with van der Waals surface area (Å²) >= 11 is 10.6. The van der Waals surface area contributed by atoms with E-state index in [1.54, 1.807) is 11.7 Å². The lowest BCUT2D eigenvalue weighted by Gasteiger charge is -2.09. The van der Waals surface area contributed by atoms with E-state index in [9.17, 15) is 9.59 Å². The number of ether oxygens (including phenoxy) is 1. The molecule has 1 amide bonds. The van der Waals surface area contributed by atoms with E-state index in [0.29, 0.717) is 23.3 Å². The van der Waals surface area contributed by atoms with Gasteiger partial charge in [-0.2, -0.15) is 0 Å². The normalized spacial score (nSPS) is 10.9. The fourth-order valence-electron chi connectivity index (χ4n) is 2.48. The van der Waals surface area contributed by atoms with Crippen LogP contribution in [0.15, 0.2) is 19.6 Å². The van der Waals surface area contributed by atoms with E-state index in [4.69, 9.17) is 4.74 Å². The number of carbonyl (C=O) groups is 2. The standard InChI is InChI=1S/C15H15Br3N2O3/c1-7(21)19-5-4-9-12-11(20(8(2)22)15(9)18)6-10(16)14(23-3)13(12)17/h6H,4-5H2,1-3H3,(H,19,21). The number of hydrogen-bond donors (Lipinski definition) is 1. The first kappa shape index (κ1) is 18.5. The van der Waals surface area contributed by atoms with Gasteiger partial charge < -0.3 is 10.1 Å². The van der Waals surface area contributed by atoms with E-state index < -0.39 is 0 Å². The van der Waals surface area contributed by atoms with Crippen molar-refractivity contribution in [2.45, 2.75) is 20.3 Å². The van der Waals surface area contributed by atoms with Crippen molar-refractivity contribution >= 4 is 70.5 Å². The Bertz CT molecular complexity index is 799. The first-order valence-corrected chi connectivity index (χ1v) is 9.17. The summed E-state index contributed by atoms with van der Waals surface area (Å²) in [4.78, 5) is 23.1. The van der Waals surface area contributed by atoms with Crippen LogP contribution in [0.4, 0.5) is 0 Å². The van der Waals surface area contributed by atoms with Gasteiger partial charge in [0.05, 0.1) is 26.2 Å². The van der Waals surface area contributed by atoms with Crippen molar-refractivity contribution in [2.75, 3.05) is 13.7 Å². The van der Waals surface area contributed by atoms with Gasteiger partial charge in [0.1, 0.15) is 5.75 Å². The van der Waals surface area contributed by atoms with E-state index in [1.165, 1.54) is 13.8 Å². The van der Waals surface area contributed by atoms with Crippen LogP contribution in [-0.2, 0) is 11.2 Å². The number of benzene rings is 1. The molecule has 0 aliphatic heterocycles. The van der Waals surface area contributed by atoms with Gasteiger partial charge in [0.25, 0.3) is 0 Å². The molecule has 0 saturated heterocycles. The highest BCUT2D eigenvalue weighted by Crippen LogP contribution is 2.44. The average Bonchev–Trinajstić information content (AvgIpc) is 2.71. The Morgan fingerprint density at radius 1 is 1.26 bits per heavy atom. The summed E-state index contributed by atoms with van der Waals surface area (Å²) in [6.07, 6.45) is 0.584. The van der Waals surface area contributed by atoms with Crippen molar-refractivity contribution in [2.24, 2.45) is 0 Å². The summed E-state index contributed by atoms with van der Waals surface area (Å²) in [7, 11) is 1.59. The largest absolute Gasteiger partial charge is 0.494 e. The van der Waals surface area contributed by atoms with Crippen LogP contribution in [-0.4, -0.2) is 30.0 Å². The van der Waals surface area contributed by atoms with Gasteiger partial charge >= 0.3 is 0 Å². The third-order valence-corrected chi connectivity index (χ3v) is 5.59. The van der Waals surface area contributed by atoms with Gasteiger partial charge in [0, 0.05) is 25.8 Å². The van der Waals surface area contributed by atoms with Crippen molar-refractivity contribution in [1.29, 1.82) is 0 Å². The lowest BCUT2D eigenvalue weighted by Crippen LogP contribution is -2.22. The third kappa shape index (κ3) is 3.49. The number of fused-ring (bicyclic) bond motifs is 1. The van der Waals surface area contributed by atoms with Gasteiger partial charge in [0.15, 0.2) is 0 Å². The second kappa shape index (κ2) is 7.36. The Morgan fingerprint density at radius 3 is 2.43 bits per heavy atom. The number of carbonyl (C=O) groups excluding carboxylic acids is 2. The van der Waals surface area contributed by atoms with Gasteiger partial charge in [-0.3, -0.25) is 14.2 Å². The molecule has 2 rings (SSSR count). The van der Waals surface area contributed by atoms with Crippen molar-refractivity contribution < 1.29 is 14.3 Å². The highest BCUT2D eigenvalue weighted by atomic mass is 79.9. The minimum atomic E-state index is -0.100. The molecule has 23 heavy (non-hydrogen) atoms. The summed E-state index contributed by atoms with van der Waals surface area (Å²) in [5.41, 5.74) is 1.70. The molecule has 0 atom stereocenters. The van der Waals surface area contributed by atoms with Crippen molar-refractivity contribution in [3.05, 3.63) is 25.2 Å². The van der Waals surface area contributed by atoms with Crippen molar-refractivity contribution in [3.63, 3.8) is 0 Å². The zero-order valence-corrected chi connectivity index (χ0v) is 17.6. The summed E-state index contributed by atoms with van der Waals surface area (Å²) in [6.45, 7) is 3.47. The Kier molecular flexibility index (Phi) is 5.91. The molecule has 8 heteroatoms. The molecular weight excluding hydrogens is 496 g/mol. The molecule has 0 fully saturated rings. The molecule has 0 spiro atoms. The summed E-state index contributed by atoms with van der Waals surface area (Å²) < 4.78 is 9.23. The first-order valence-electron chi connectivity index (χ1n) is 6.79. The Labute approximate surface area is 159 Å². The minimum absolute atomic E-state index is 0.0872. The highest BCUT2D eigenvalue weighted by molar-refractivity contribution is 9.11. The van der Waals surface area contributed by atoms with Crippen LogP contribution in [0.1, 0.15) is 24.2 Å². The molecule has 5 nitrogen and oxygen atoms in total. The summed E-state index contributed by atoms with van der Waals surface area (Å²) in [6, 6.07) is 1.85. The number of nitrogens with zero attached hydrogens (tertiary/aromatic N) is 1. The van der Waals surface area contributed by atoms with Gasteiger partial charge in [-0.05, 0) is 65.8 Å². The van der Waals surface area contributed by atoms with Crippen LogP contribution < -0.4 is 10.1 Å². The lowest BCUT2D eigenvalue weighted by molar-refractivity contribution is -0.118. The number of nitrogens with one attached hydrogen (secondary N) is 1. The van der Waals surface area contributed by atoms with Crippen LogP contribution in [0.3, 0.4) is 0 Å². The third-order valence-electron chi connectivity index (χ3n) is 3.41. The van der Waals surface area contributed by atoms with Gasteiger partial charge in [-0.25, -0.2) is 0 Å². The lowest BCUT2D eigenvalue weighted by atomic mass is 10.1. The molecule has 1 aromatic heterocycles. The molecule has 0 radical (unpaired) electrons. The molecule has 1 heterocycles. The van der Waals surface area contributed by atoms with Crippen LogP contribution in [0.2, 0.25) is 0 Å². The van der Waals surface area contributed by atoms with Gasteiger partial charge in [-0.15, -0.1) is 0 Å². The fourth-order valence-corrected chi connectivity index (χ4v) is 4.98. The molecule has 0 bridgehead atoms. The van der Waals surface area contributed by atoms with Crippen molar-refractivity contribution in [3.8, 4) is 5.75 Å². The Hall–Kier alpha value is -0.860. The monoisotopic (exact) mass is 508 g/mol. The van der Waals surface area contributed by atoms with Crippen LogP contribution in [0.25, 0.3) is 10.9 Å². The van der Waals surface area contributed by atoms with Gasteiger partial charge in [-0.1, -0.05) is 0 Å². The number of hydrogen-bond acceptors (Lipinski definition) is 3. The molecule has 0 aliphatic rings. The molecular formula is C15H15Br3N2O3. The molecule has 0 aliphatic carbocycles. The van der Waals surface area contributed by atoms with Crippen LogP contribution >= 0.6 is 47.8 Å². The Balaban J connectivity index is 2.71. The van der Waals surface area contributed by atoms with E-state index in [0.717, 1.165) is 25.4 Å². The second-order valence-electron chi connectivity index (χ2n) is 4.96. The number of aromatic nitrogens is 1. The predicted molar refractivity (Wildman–Crippen MR) is 100 cm³/mol. The molecule has 1 aromatic carbocycles. The van der Waals surface area contributed by atoms with E-state index in [-0.39, 0.29) is 11.8 Å². The maximum atomic E-state index is 12.1. The van der Waals surface area contributed by atoms with Crippen molar-refractivity contribution in [1.82, 2.24) is 9.88 Å². The fraction of sp³-hybridized carbons (Fsp3) is 0.333. The SMILES string of the molecule is COc1c(Br)cc2c(c1Br)c(CCNC(C)=O)c(Br)n2C(C)=O. The maximum absolute atomic E-state index is 12.1. The number of rotatable bonds is 4. The molecule has 124 valence electrons. The topological polar surface area (TPSA) is 60.3 Å². The number of methoxy groups -OCH3 is 1. The quantitative estimate of drug-likeness (QED) is 0.668. The molecule has 2 aromatic rings. The van der Waals surface area contributed by atoms with E-state index in [2.05, 4.69) is 53.1 Å². The maximum Gasteiger partial charge on any atom is 0.228 e. The highest BCUT2D eigenvalue weighted by Gasteiger charge is 2.23. The second-order valence-corrected chi connectivity index (χ2v) is 7.35. The number of amides is 1. The summed E-state index contributed by atoms with van der Waals surface area (Å²) in [5, 5.41) is 3.66. The molecule has 0 unspecified atom stereocenters.